The first-order chi connectivity index (χ1) is 27.9. The zero-order valence-electron chi connectivity index (χ0n) is 33.5. The molecule has 6 rings (SSSR count). The molecule has 0 fully saturated rings. The average Bonchev–Trinajstić information content (AvgIpc) is 3.84. The van der Waals surface area contributed by atoms with E-state index >= 15 is 0 Å². The number of carbonyl (C=O) groups excluding carboxylic acids is 1. The van der Waals surface area contributed by atoms with Gasteiger partial charge < -0.3 is 24.3 Å². The van der Waals surface area contributed by atoms with Crippen molar-refractivity contribution in [3.05, 3.63) is 108 Å². The van der Waals surface area contributed by atoms with Crippen LogP contribution in [0.15, 0.2) is 94.6 Å². The van der Waals surface area contributed by atoms with Crippen molar-refractivity contribution < 1.29 is 23.8 Å². The Bertz CT molecular complexity index is 2170. The highest BCUT2D eigenvalue weighted by Gasteiger charge is 2.23. The Morgan fingerprint density at radius 3 is 2.12 bits per heavy atom. The molecule has 4 aromatic carbocycles. The van der Waals surface area contributed by atoms with Crippen LogP contribution in [-0.4, -0.2) is 37.6 Å². The molecule has 0 spiro atoms. The number of amides is 1. The van der Waals surface area contributed by atoms with Crippen molar-refractivity contribution >= 4 is 34.1 Å². The summed E-state index contributed by atoms with van der Waals surface area (Å²) in [5.74, 6) is 2.27. The highest BCUT2D eigenvalue weighted by molar-refractivity contribution is 7.98. The van der Waals surface area contributed by atoms with E-state index in [0.29, 0.717) is 57.9 Å². The normalized spacial score (nSPS) is 11.3. The smallest absolute Gasteiger partial charge is 0.276 e. The molecule has 0 aliphatic heterocycles. The lowest BCUT2D eigenvalue weighted by atomic mass is 10.1. The lowest BCUT2D eigenvalue weighted by Crippen LogP contribution is -2.12. The van der Waals surface area contributed by atoms with Gasteiger partial charge in [0.1, 0.15) is 17.2 Å². The summed E-state index contributed by atoms with van der Waals surface area (Å²) >= 11 is 1.41. The first kappa shape index (κ1) is 41.3. The summed E-state index contributed by atoms with van der Waals surface area (Å²) in [6.07, 6.45) is 16.2. The molecule has 0 saturated carbocycles. The van der Waals surface area contributed by atoms with Crippen molar-refractivity contribution in [1.29, 1.82) is 0 Å². The molecule has 0 saturated heterocycles. The Labute approximate surface area is 340 Å². The second kappa shape index (κ2) is 21.3. The monoisotopic (exact) mass is 789 g/mol. The molecule has 2 heterocycles. The van der Waals surface area contributed by atoms with Gasteiger partial charge in [-0.1, -0.05) is 139 Å². The van der Waals surface area contributed by atoms with Crippen LogP contribution >= 0.6 is 11.8 Å². The summed E-state index contributed by atoms with van der Waals surface area (Å²) in [4.78, 5) is 13.6. The third kappa shape index (κ3) is 11.4. The lowest BCUT2D eigenvalue weighted by molar-refractivity contribution is 0.102. The topological polar surface area (TPSA) is 125 Å². The fourth-order valence-corrected chi connectivity index (χ4v) is 7.62. The number of thioether (sulfide) groups is 1. The van der Waals surface area contributed by atoms with Gasteiger partial charge in [-0.25, -0.2) is 4.68 Å². The fourth-order valence-electron chi connectivity index (χ4n) is 6.77. The van der Waals surface area contributed by atoms with Crippen molar-refractivity contribution in [2.24, 2.45) is 0 Å². The Balaban J connectivity index is 1.11. The summed E-state index contributed by atoms with van der Waals surface area (Å²) < 4.78 is 20.3. The van der Waals surface area contributed by atoms with Crippen molar-refractivity contribution in [1.82, 2.24) is 20.0 Å². The van der Waals surface area contributed by atoms with E-state index in [4.69, 9.17) is 19.0 Å². The molecule has 0 atom stereocenters. The van der Waals surface area contributed by atoms with Crippen LogP contribution in [0, 0.1) is 6.92 Å². The van der Waals surface area contributed by atoms with Crippen LogP contribution in [0.4, 0.5) is 5.69 Å². The number of benzene rings is 4. The number of para-hydroxylation sites is 1. The number of anilines is 1. The highest BCUT2D eigenvalue weighted by atomic mass is 32.2. The number of phenolic OH excluding ortho intramolecular Hbond substituents is 1. The van der Waals surface area contributed by atoms with Crippen molar-refractivity contribution in [3.8, 4) is 28.8 Å². The van der Waals surface area contributed by atoms with E-state index in [1.807, 2.05) is 74.5 Å². The van der Waals surface area contributed by atoms with E-state index in [0.717, 1.165) is 35.5 Å². The second-order valence-corrected chi connectivity index (χ2v) is 15.3. The maximum atomic E-state index is 13.6. The van der Waals surface area contributed by atoms with Gasteiger partial charge in [0.05, 0.1) is 23.7 Å². The van der Waals surface area contributed by atoms with Gasteiger partial charge in [-0.3, -0.25) is 4.79 Å². The molecule has 1 amide bonds. The molecule has 10 nitrogen and oxygen atoms in total. The fraction of sp³-hybridized carbons (Fsp3) is 0.391. The Morgan fingerprint density at radius 1 is 0.807 bits per heavy atom. The van der Waals surface area contributed by atoms with E-state index in [1.54, 1.807) is 28.9 Å². The van der Waals surface area contributed by atoms with Gasteiger partial charge in [0.15, 0.2) is 0 Å². The third-order valence-corrected chi connectivity index (χ3v) is 10.9. The van der Waals surface area contributed by atoms with Gasteiger partial charge in [0.2, 0.25) is 11.8 Å². The van der Waals surface area contributed by atoms with Crippen LogP contribution in [0.25, 0.3) is 16.5 Å². The number of fused-ring (bicyclic) bond motifs is 1. The van der Waals surface area contributed by atoms with Crippen LogP contribution < -0.4 is 14.8 Å². The average molecular weight is 790 g/mol. The maximum absolute atomic E-state index is 13.6. The van der Waals surface area contributed by atoms with Crippen LogP contribution in [0.2, 0.25) is 0 Å². The Kier molecular flexibility index (Phi) is 15.4. The number of aromatic nitrogens is 4. The number of hydrogen-bond acceptors (Lipinski definition) is 9. The van der Waals surface area contributed by atoms with Gasteiger partial charge in [-0.2, -0.15) is 5.10 Å². The largest absolute Gasteiger partial charge is 0.505 e. The molecule has 0 aliphatic rings. The number of hydrogen-bond donors (Lipinski definition) is 2. The third-order valence-electron chi connectivity index (χ3n) is 10.0. The zero-order chi connectivity index (χ0) is 39.8. The summed E-state index contributed by atoms with van der Waals surface area (Å²) in [6.45, 7) is 6.81. The first-order valence-corrected chi connectivity index (χ1v) is 21.5. The van der Waals surface area contributed by atoms with E-state index in [2.05, 4.69) is 22.4 Å². The number of ether oxygens (including phenoxy) is 2. The number of unbranched alkanes of at least 4 members (excludes halogenated alkanes) is 11. The minimum Gasteiger partial charge on any atom is -0.505 e. The number of aryl methyl sites for hydroxylation is 2. The van der Waals surface area contributed by atoms with Gasteiger partial charge in [-0.05, 0) is 49.7 Å². The van der Waals surface area contributed by atoms with E-state index in [9.17, 15) is 9.90 Å². The van der Waals surface area contributed by atoms with Crippen LogP contribution in [0.1, 0.15) is 118 Å². The van der Waals surface area contributed by atoms with Crippen molar-refractivity contribution in [2.75, 3.05) is 11.9 Å². The molecule has 0 bridgehead atoms. The van der Waals surface area contributed by atoms with Gasteiger partial charge in [0.25, 0.3) is 11.1 Å². The molecule has 0 unspecified atom stereocenters. The number of carbonyl (C=O) groups is 1. The standard InChI is InChI=1S/C46H55N5O5S/c1-4-6-7-8-9-10-11-12-13-14-15-21-30-54-36-28-26-34(27-29-36)44(53)47-40-31-41(37-24-19-20-25-38(37)43(40)52)55-45-39(32-57-46-49-48-42(5-2)56-46)33(3)50-51(45)35-22-17-16-18-23-35/h16-20,22-29,31,52H,4-15,21,30,32H2,1-3H3,(H,47,53). The van der Waals surface area contributed by atoms with E-state index < -0.39 is 0 Å². The van der Waals surface area contributed by atoms with Gasteiger partial charge in [-0.15, -0.1) is 10.2 Å². The molecule has 6 aromatic rings. The molecule has 2 aromatic heterocycles. The summed E-state index contributed by atoms with van der Waals surface area (Å²) in [6, 6.07) is 25.9. The van der Waals surface area contributed by atoms with Crippen molar-refractivity contribution in [3.63, 3.8) is 0 Å². The predicted molar refractivity (Wildman–Crippen MR) is 228 cm³/mol. The van der Waals surface area contributed by atoms with Crippen LogP contribution in [0.5, 0.6) is 23.1 Å². The van der Waals surface area contributed by atoms with Crippen molar-refractivity contribution in [2.45, 2.75) is 115 Å². The molecule has 11 heteroatoms. The summed E-state index contributed by atoms with van der Waals surface area (Å²) in [7, 11) is 0. The summed E-state index contributed by atoms with van der Waals surface area (Å²) in [5.41, 5.74) is 3.08. The Hall–Kier alpha value is -5.29. The van der Waals surface area contributed by atoms with Crippen LogP contribution in [0.3, 0.4) is 0 Å². The van der Waals surface area contributed by atoms with Crippen LogP contribution in [-0.2, 0) is 12.2 Å². The molecule has 300 valence electrons. The SMILES string of the molecule is CCCCCCCCCCCCCCOc1ccc(C(=O)Nc2cc(Oc3c(CSc4nnc(CC)o4)c(C)nn3-c3ccccc3)c3ccccc3c2O)cc1. The van der Waals surface area contributed by atoms with E-state index in [-0.39, 0.29) is 17.3 Å². The highest BCUT2D eigenvalue weighted by Crippen LogP contribution is 2.43. The molecule has 0 radical (unpaired) electrons. The minimum atomic E-state index is -0.368. The Morgan fingerprint density at radius 2 is 1.46 bits per heavy atom. The molecular formula is C46H55N5O5S. The minimum absolute atomic E-state index is 0.0553. The number of nitrogens with one attached hydrogen (secondary N) is 1. The number of aromatic hydroxyl groups is 1. The molecule has 0 aliphatic carbocycles. The molecule has 57 heavy (non-hydrogen) atoms. The summed E-state index contributed by atoms with van der Waals surface area (Å²) in [5, 5.41) is 29.1. The number of phenols is 1. The van der Waals surface area contributed by atoms with E-state index in [1.165, 1.54) is 76.0 Å². The second-order valence-electron chi connectivity index (χ2n) is 14.4. The van der Waals surface area contributed by atoms with Gasteiger partial charge >= 0.3 is 0 Å². The quantitative estimate of drug-likeness (QED) is 0.0371. The maximum Gasteiger partial charge on any atom is 0.276 e. The van der Waals surface area contributed by atoms with Gasteiger partial charge in [0, 0.05) is 40.1 Å². The number of rotatable bonds is 23. The first-order valence-electron chi connectivity index (χ1n) is 20.5. The molecular weight excluding hydrogens is 735 g/mol. The number of nitrogens with zero attached hydrogens (tertiary/aromatic N) is 4. The molecule has 2 N–H and O–H groups in total. The zero-order valence-corrected chi connectivity index (χ0v) is 34.3. The predicted octanol–water partition coefficient (Wildman–Crippen LogP) is 12.4. The lowest BCUT2D eigenvalue weighted by Gasteiger charge is -2.16.